The molecule has 0 saturated carbocycles. The highest BCUT2D eigenvalue weighted by molar-refractivity contribution is 5.91. The number of anilines is 1. The quantitative estimate of drug-likeness (QED) is 0.434. The number of nitrogens with two attached hydrogens (primary N) is 1. The summed E-state index contributed by atoms with van der Waals surface area (Å²) in [6, 6.07) is 19.4. The van der Waals surface area contributed by atoms with Crippen LogP contribution in [0.2, 0.25) is 0 Å². The number of carbonyl (C=O) groups is 1. The van der Waals surface area contributed by atoms with Gasteiger partial charge in [-0.1, -0.05) is 36.4 Å². The number of nitrogens with zero attached hydrogens (tertiary/aromatic N) is 1. The molecule has 0 unspecified atom stereocenters. The third kappa shape index (κ3) is 4.27. The van der Waals surface area contributed by atoms with Crippen LogP contribution in [0.1, 0.15) is 30.0 Å². The minimum Gasteiger partial charge on any atom is -0.390 e. The van der Waals surface area contributed by atoms with Crippen molar-refractivity contribution >= 4 is 22.4 Å². The molecule has 3 aromatic rings. The number of carbonyl (C=O) groups excluding carboxylic acids is 1. The second kappa shape index (κ2) is 9.33. The number of nitrogens with one attached hydrogen (secondary N) is 2. The smallest absolute Gasteiger partial charge is 0.245 e. The number of likely N-dealkylation sites (tertiary alicyclic amines) is 1. The van der Waals surface area contributed by atoms with Crippen molar-refractivity contribution in [2.75, 3.05) is 31.5 Å². The first-order valence-corrected chi connectivity index (χ1v) is 11.9. The molecule has 5 rings (SSSR count). The number of halogens is 1. The molecule has 0 bridgehead atoms. The van der Waals surface area contributed by atoms with E-state index in [1.54, 1.807) is 12.1 Å². The van der Waals surface area contributed by atoms with E-state index in [1.807, 2.05) is 0 Å². The second-order valence-electron chi connectivity index (χ2n) is 9.43. The zero-order valence-corrected chi connectivity index (χ0v) is 19.1. The zero-order valence-electron chi connectivity index (χ0n) is 19.1. The highest BCUT2D eigenvalue weighted by Gasteiger charge is 2.43. The summed E-state index contributed by atoms with van der Waals surface area (Å²) < 4.78 is 13.4. The highest BCUT2D eigenvalue weighted by Crippen LogP contribution is 2.42. The van der Waals surface area contributed by atoms with Gasteiger partial charge < -0.3 is 21.5 Å². The Morgan fingerprint density at radius 1 is 1.12 bits per heavy atom. The van der Waals surface area contributed by atoms with Gasteiger partial charge >= 0.3 is 0 Å². The average molecular weight is 463 g/mol. The molecular formula is C27H31FN4O2. The molecule has 0 spiro atoms. The zero-order chi connectivity index (χ0) is 23.7. The molecular weight excluding hydrogens is 431 g/mol. The fraction of sp³-hybridized carbons (Fsp3) is 0.370. The summed E-state index contributed by atoms with van der Waals surface area (Å²) in [5.74, 6) is -0.485. The van der Waals surface area contributed by atoms with Crippen LogP contribution >= 0.6 is 0 Å². The van der Waals surface area contributed by atoms with Crippen LogP contribution in [0.3, 0.4) is 0 Å². The van der Waals surface area contributed by atoms with Crippen LogP contribution in [0, 0.1) is 5.82 Å². The van der Waals surface area contributed by atoms with Gasteiger partial charge in [0.05, 0.1) is 6.10 Å². The number of amides is 1. The fourth-order valence-corrected chi connectivity index (χ4v) is 5.44. The lowest BCUT2D eigenvalue weighted by atomic mass is 9.84. The van der Waals surface area contributed by atoms with Crippen LogP contribution in [0.15, 0.2) is 60.7 Å². The Labute approximate surface area is 198 Å². The predicted molar refractivity (Wildman–Crippen MR) is 132 cm³/mol. The van der Waals surface area contributed by atoms with Crippen LogP contribution in [0.4, 0.5) is 10.1 Å². The van der Waals surface area contributed by atoms with E-state index in [0.29, 0.717) is 24.6 Å². The number of piperidine rings is 1. The molecule has 2 atom stereocenters. The minimum absolute atomic E-state index is 0.0836. The number of rotatable bonds is 7. The molecule has 1 heterocycles. The van der Waals surface area contributed by atoms with Crippen molar-refractivity contribution in [3.05, 3.63) is 77.6 Å². The molecule has 1 amide bonds. The molecule has 6 nitrogen and oxygen atoms in total. The van der Waals surface area contributed by atoms with Gasteiger partial charge in [0.25, 0.3) is 0 Å². The molecule has 1 aliphatic carbocycles. The monoisotopic (exact) mass is 462 g/mol. The third-order valence-electron chi connectivity index (χ3n) is 7.32. The Morgan fingerprint density at radius 2 is 1.82 bits per heavy atom. The first kappa shape index (κ1) is 22.8. The van der Waals surface area contributed by atoms with Crippen LogP contribution in [-0.2, 0) is 11.2 Å². The Morgan fingerprint density at radius 3 is 2.53 bits per heavy atom. The molecule has 7 heteroatoms. The molecule has 1 saturated heterocycles. The number of benzene rings is 3. The Balaban J connectivity index is 1.35. The van der Waals surface area contributed by atoms with E-state index >= 15 is 0 Å². The molecule has 34 heavy (non-hydrogen) atoms. The van der Waals surface area contributed by atoms with Crippen molar-refractivity contribution in [3.8, 4) is 0 Å². The Kier molecular flexibility index (Phi) is 6.25. The van der Waals surface area contributed by atoms with Gasteiger partial charge in [0.15, 0.2) is 0 Å². The summed E-state index contributed by atoms with van der Waals surface area (Å²) in [5, 5.41) is 18.7. The lowest BCUT2D eigenvalue weighted by Gasteiger charge is -2.44. The van der Waals surface area contributed by atoms with Crippen molar-refractivity contribution < 1.29 is 14.3 Å². The fourth-order valence-electron chi connectivity index (χ4n) is 5.44. The summed E-state index contributed by atoms with van der Waals surface area (Å²) in [6.45, 7) is 1.68. The molecule has 2 aliphatic rings. The molecule has 3 aromatic carbocycles. The minimum atomic E-state index is -0.847. The number of aliphatic hydroxyl groups is 1. The van der Waals surface area contributed by atoms with Gasteiger partial charge in [-0.3, -0.25) is 9.69 Å². The normalized spacial score (nSPS) is 20.3. The summed E-state index contributed by atoms with van der Waals surface area (Å²) in [6.07, 6.45) is 1.38. The van der Waals surface area contributed by atoms with E-state index < -0.39 is 11.6 Å². The van der Waals surface area contributed by atoms with E-state index in [-0.39, 0.29) is 24.8 Å². The maximum absolute atomic E-state index is 13.4. The van der Waals surface area contributed by atoms with Gasteiger partial charge in [0.2, 0.25) is 5.91 Å². The summed E-state index contributed by atoms with van der Waals surface area (Å²) in [7, 11) is 0. The molecule has 5 N–H and O–H groups in total. The van der Waals surface area contributed by atoms with Crippen molar-refractivity contribution in [1.82, 2.24) is 10.2 Å². The van der Waals surface area contributed by atoms with Crippen LogP contribution in [0.5, 0.6) is 0 Å². The summed E-state index contributed by atoms with van der Waals surface area (Å²) >= 11 is 0. The lowest BCUT2D eigenvalue weighted by Crippen LogP contribution is -2.59. The van der Waals surface area contributed by atoms with Crippen LogP contribution in [0.25, 0.3) is 10.8 Å². The van der Waals surface area contributed by atoms with Crippen molar-refractivity contribution in [1.29, 1.82) is 0 Å². The molecule has 1 fully saturated rings. The standard InChI is InChI=1S/C27H31FN4O2/c28-20-7-9-21(10-8-20)31-27(26(34)30-17-22(33)16-29)11-13-32(14-12-27)24-15-19-5-1-3-18-4-2-6-23(24)25(18)19/h1-10,22,24,31,33H,11-17,29H2,(H,30,34)/t22-,24+/m0/s1. The number of hydrogen-bond donors (Lipinski definition) is 4. The van der Waals surface area contributed by atoms with Gasteiger partial charge in [0.1, 0.15) is 11.4 Å². The third-order valence-corrected chi connectivity index (χ3v) is 7.32. The van der Waals surface area contributed by atoms with Crippen molar-refractivity contribution in [2.45, 2.75) is 36.9 Å². The van der Waals surface area contributed by atoms with Crippen molar-refractivity contribution in [2.24, 2.45) is 5.73 Å². The van der Waals surface area contributed by atoms with E-state index in [1.165, 1.54) is 34.0 Å². The van der Waals surface area contributed by atoms with Gasteiger partial charge in [-0.05, 0) is 65.4 Å². The van der Waals surface area contributed by atoms with Gasteiger partial charge in [-0.15, -0.1) is 0 Å². The van der Waals surface area contributed by atoms with Gasteiger partial charge in [-0.2, -0.15) is 0 Å². The number of aliphatic hydroxyl groups excluding tert-OH is 1. The maximum Gasteiger partial charge on any atom is 0.245 e. The Bertz CT molecular complexity index is 1170. The van der Waals surface area contributed by atoms with Gasteiger partial charge in [-0.25, -0.2) is 4.39 Å². The van der Waals surface area contributed by atoms with E-state index in [0.717, 1.165) is 19.5 Å². The molecule has 178 valence electrons. The van der Waals surface area contributed by atoms with Crippen LogP contribution in [-0.4, -0.2) is 53.7 Å². The lowest BCUT2D eigenvalue weighted by molar-refractivity contribution is -0.127. The van der Waals surface area contributed by atoms with E-state index in [2.05, 4.69) is 51.9 Å². The summed E-state index contributed by atoms with van der Waals surface area (Å²) in [5.41, 5.74) is 8.10. The Hall–Kier alpha value is -3.00. The maximum atomic E-state index is 13.4. The largest absolute Gasteiger partial charge is 0.390 e. The van der Waals surface area contributed by atoms with E-state index in [9.17, 15) is 14.3 Å². The first-order chi connectivity index (χ1) is 16.5. The first-order valence-electron chi connectivity index (χ1n) is 11.9. The molecule has 0 radical (unpaired) electrons. The second-order valence-corrected chi connectivity index (χ2v) is 9.43. The average Bonchev–Trinajstić information content (AvgIpc) is 3.24. The summed E-state index contributed by atoms with van der Waals surface area (Å²) in [4.78, 5) is 15.8. The highest BCUT2D eigenvalue weighted by atomic mass is 19.1. The van der Waals surface area contributed by atoms with E-state index in [4.69, 9.17) is 5.73 Å². The van der Waals surface area contributed by atoms with Crippen LogP contribution < -0.4 is 16.4 Å². The molecule has 0 aromatic heterocycles. The predicted octanol–water partition coefficient (Wildman–Crippen LogP) is 2.96. The topological polar surface area (TPSA) is 90.6 Å². The SMILES string of the molecule is NC[C@H](O)CNC(=O)C1(Nc2ccc(F)cc2)CCN([C@@H]2Cc3cccc4cccc2c34)CC1. The van der Waals surface area contributed by atoms with Crippen molar-refractivity contribution in [3.63, 3.8) is 0 Å². The van der Waals surface area contributed by atoms with Gasteiger partial charge in [0, 0.05) is 37.9 Å². The number of hydrogen-bond acceptors (Lipinski definition) is 5. The molecule has 1 aliphatic heterocycles.